The van der Waals surface area contributed by atoms with Crippen LogP contribution in [0.2, 0.25) is 0 Å². The average Bonchev–Trinajstić information content (AvgIpc) is 2.89. The molecule has 5 rings (SSSR count). The second-order valence-electron chi connectivity index (χ2n) is 9.31. The molecule has 36 heavy (non-hydrogen) atoms. The Morgan fingerprint density at radius 2 is 1.56 bits per heavy atom. The van der Waals surface area contributed by atoms with E-state index in [0.717, 1.165) is 18.5 Å². The Labute approximate surface area is 210 Å². The smallest absolute Gasteiger partial charge is 0.312 e. The van der Waals surface area contributed by atoms with Gasteiger partial charge >= 0.3 is 5.97 Å². The van der Waals surface area contributed by atoms with Crippen LogP contribution in [0.15, 0.2) is 60.7 Å². The van der Waals surface area contributed by atoms with Crippen LogP contribution in [0, 0.1) is 5.92 Å². The topological polar surface area (TPSA) is 90.8 Å². The summed E-state index contributed by atoms with van der Waals surface area (Å²) in [4.78, 5) is 25.3. The van der Waals surface area contributed by atoms with Crippen molar-refractivity contribution in [1.82, 2.24) is 10.2 Å². The zero-order valence-corrected chi connectivity index (χ0v) is 20.5. The number of hydrogen-bond acceptors (Lipinski definition) is 8. The van der Waals surface area contributed by atoms with Gasteiger partial charge in [-0.25, -0.2) is 0 Å². The van der Waals surface area contributed by atoms with E-state index in [9.17, 15) is 9.59 Å². The van der Waals surface area contributed by atoms with Gasteiger partial charge in [-0.2, -0.15) is 0 Å². The highest BCUT2D eigenvalue weighted by atomic mass is 16.5. The Hall–Kier alpha value is -3.78. The number of methoxy groups -OCH3 is 1. The van der Waals surface area contributed by atoms with Crippen LogP contribution in [0.3, 0.4) is 0 Å². The molecule has 0 spiro atoms. The molecule has 0 bridgehead atoms. The summed E-state index contributed by atoms with van der Waals surface area (Å²) >= 11 is 0. The lowest BCUT2D eigenvalue weighted by Gasteiger charge is -2.41. The van der Waals surface area contributed by atoms with Crippen molar-refractivity contribution < 1.29 is 23.8 Å². The van der Waals surface area contributed by atoms with E-state index < -0.39 is 0 Å². The maximum atomic E-state index is 11.7. The number of carbonyl (C=O) groups excluding carboxylic acids is 2. The van der Waals surface area contributed by atoms with Gasteiger partial charge in [-0.3, -0.25) is 9.59 Å². The molecule has 0 unspecified atom stereocenters. The van der Waals surface area contributed by atoms with Gasteiger partial charge in [0.15, 0.2) is 5.78 Å². The van der Waals surface area contributed by atoms with Crippen molar-refractivity contribution in [3.63, 3.8) is 0 Å². The number of ketones is 1. The van der Waals surface area contributed by atoms with E-state index in [1.807, 2.05) is 12.1 Å². The molecule has 2 aromatic carbocycles. The fraction of sp³-hybridized carbons (Fsp3) is 0.357. The molecule has 0 atom stereocenters. The van der Waals surface area contributed by atoms with Crippen LogP contribution in [0.25, 0.3) is 0 Å². The van der Waals surface area contributed by atoms with Gasteiger partial charge in [0.05, 0.1) is 13.0 Å². The first-order valence-electron chi connectivity index (χ1n) is 12.1. The number of hydrogen-bond donors (Lipinski definition) is 0. The zero-order valence-electron chi connectivity index (χ0n) is 20.5. The second kappa shape index (κ2) is 10.1. The molecule has 186 valence electrons. The van der Waals surface area contributed by atoms with E-state index >= 15 is 0 Å². The van der Waals surface area contributed by atoms with Crippen molar-refractivity contribution in [2.75, 3.05) is 38.3 Å². The van der Waals surface area contributed by atoms with Crippen LogP contribution in [-0.2, 0) is 19.7 Å². The average molecular weight is 488 g/mol. The van der Waals surface area contributed by atoms with E-state index in [1.54, 1.807) is 12.1 Å². The fourth-order valence-corrected chi connectivity index (χ4v) is 4.99. The zero-order chi connectivity index (χ0) is 25.1. The van der Waals surface area contributed by atoms with Gasteiger partial charge in [0, 0.05) is 50.4 Å². The van der Waals surface area contributed by atoms with Crippen molar-refractivity contribution in [3.8, 4) is 11.6 Å². The third-order valence-electron chi connectivity index (χ3n) is 7.18. The lowest BCUT2D eigenvalue weighted by Crippen LogP contribution is -2.50. The van der Waals surface area contributed by atoms with Gasteiger partial charge < -0.3 is 19.1 Å². The van der Waals surface area contributed by atoms with Crippen LogP contribution in [0.1, 0.15) is 41.4 Å². The van der Waals surface area contributed by atoms with E-state index in [1.165, 1.54) is 25.2 Å². The van der Waals surface area contributed by atoms with E-state index in [4.69, 9.17) is 14.2 Å². The molecule has 0 amide bonds. The highest BCUT2D eigenvalue weighted by Gasteiger charge is 2.37. The first-order chi connectivity index (χ1) is 17.5. The molecule has 0 radical (unpaired) electrons. The summed E-state index contributed by atoms with van der Waals surface area (Å²) < 4.78 is 16.4. The third-order valence-corrected chi connectivity index (χ3v) is 7.18. The van der Waals surface area contributed by atoms with Gasteiger partial charge in [0.25, 0.3) is 0 Å². The Kier molecular flexibility index (Phi) is 6.69. The van der Waals surface area contributed by atoms with Crippen molar-refractivity contribution in [2.24, 2.45) is 5.92 Å². The Morgan fingerprint density at radius 1 is 0.917 bits per heavy atom. The molecule has 2 aliphatic heterocycles. The number of Topliss-reactive ketones (excluding diaryl/α,β-unsaturated/α-hetero) is 1. The van der Waals surface area contributed by atoms with Crippen LogP contribution in [0.4, 0.5) is 5.69 Å². The number of ether oxygens (including phenoxy) is 3. The van der Waals surface area contributed by atoms with Crippen molar-refractivity contribution >= 4 is 17.4 Å². The van der Waals surface area contributed by atoms with Gasteiger partial charge in [0.2, 0.25) is 5.88 Å². The summed E-state index contributed by atoms with van der Waals surface area (Å²) in [6.07, 6.45) is 1.78. The molecule has 3 aromatic rings. The highest BCUT2D eigenvalue weighted by Crippen LogP contribution is 2.42. The summed E-state index contributed by atoms with van der Waals surface area (Å²) in [6.45, 7) is 4.23. The summed E-state index contributed by atoms with van der Waals surface area (Å²) in [5, 5.41) is 7.88. The molecule has 2 fully saturated rings. The van der Waals surface area contributed by atoms with E-state index in [0.29, 0.717) is 43.6 Å². The van der Waals surface area contributed by atoms with Crippen molar-refractivity contribution in [3.05, 3.63) is 77.5 Å². The number of nitrogens with zero attached hydrogens (tertiary/aromatic N) is 3. The minimum absolute atomic E-state index is 0.0460. The molecule has 0 aliphatic carbocycles. The minimum atomic E-state index is -0.151. The van der Waals surface area contributed by atoms with Gasteiger partial charge in [-0.15, -0.1) is 10.2 Å². The van der Waals surface area contributed by atoms with Crippen LogP contribution in [0.5, 0.6) is 11.6 Å². The van der Waals surface area contributed by atoms with E-state index in [-0.39, 0.29) is 23.1 Å². The van der Waals surface area contributed by atoms with Gasteiger partial charge in [-0.05, 0) is 54.3 Å². The first kappa shape index (κ1) is 23.9. The van der Waals surface area contributed by atoms with Crippen LogP contribution >= 0.6 is 0 Å². The number of esters is 1. The number of benzene rings is 2. The molecule has 8 nitrogen and oxygen atoms in total. The number of carbonyl (C=O) groups is 2. The molecule has 8 heteroatoms. The standard InChI is InChI=1S/C28H29N3O5/c1-19(32)25-11-12-26(30-29-25)36-24-9-5-22(6-10-24)28(13-15-35-16-14-28)21-3-7-23(8-4-21)31-17-20(18-31)27(33)34-2/h3-12,20H,13-18H2,1-2H3. The first-order valence-corrected chi connectivity index (χ1v) is 12.1. The summed E-state index contributed by atoms with van der Waals surface area (Å²) in [5.41, 5.74) is 3.73. The number of aromatic nitrogens is 2. The summed E-state index contributed by atoms with van der Waals surface area (Å²) in [7, 11) is 1.44. The number of rotatable bonds is 7. The Bertz CT molecular complexity index is 1210. The monoisotopic (exact) mass is 487 g/mol. The maximum absolute atomic E-state index is 11.7. The molecule has 1 aromatic heterocycles. The molecule has 2 aliphatic rings. The maximum Gasteiger partial charge on any atom is 0.312 e. The summed E-state index contributed by atoms with van der Waals surface area (Å²) in [5.74, 6) is 0.666. The third kappa shape index (κ3) is 4.68. The molecular weight excluding hydrogens is 458 g/mol. The van der Waals surface area contributed by atoms with Crippen LogP contribution < -0.4 is 9.64 Å². The molecule has 0 N–H and O–H groups in total. The number of anilines is 1. The molecule has 0 saturated carbocycles. The normalized spacial score (nSPS) is 17.2. The quantitative estimate of drug-likeness (QED) is 0.362. The van der Waals surface area contributed by atoms with Gasteiger partial charge in [0.1, 0.15) is 11.4 Å². The fourth-order valence-electron chi connectivity index (χ4n) is 4.99. The SMILES string of the molecule is COC(=O)C1CN(c2ccc(C3(c4ccc(Oc5ccc(C(C)=O)nn5)cc4)CCOCC3)cc2)C1. The van der Waals surface area contributed by atoms with E-state index in [2.05, 4.69) is 51.5 Å². The van der Waals surface area contributed by atoms with Crippen LogP contribution in [-0.4, -0.2) is 55.4 Å². The summed E-state index contributed by atoms with van der Waals surface area (Å²) in [6, 6.07) is 20.0. The minimum Gasteiger partial charge on any atom is -0.469 e. The molecule has 3 heterocycles. The van der Waals surface area contributed by atoms with Gasteiger partial charge in [-0.1, -0.05) is 24.3 Å². The molecule has 2 saturated heterocycles. The largest absolute Gasteiger partial charge is 0.469 e. The Morgan fingerprint density at radius 3 is 2.11 bits per heavy atom. The lowest BCUT2D eigenvalue weighted by atomic mass is 9.69. The van der Waals surface area contributed by atoms with Crippen molar-refractivity contribution in [1.29, 1.82) is 0 Å². The van der Waals surface area contributed by atoms with Crippen molar-refractivity contribution in [2.45, 2.75) is 25.2 Å². The highest BCUT2D eigenvalue weighted by molar-refractivity contribution is 5.91. The lowest BCUT2D eigenvalue weighted by molar-refractivity contribution is -0.146. The predicted octanol–water partition coefficient (Wildman–Crippen LogP) is 4.18. The predicted molar refractivity (Wildman–Crippen MR) is 134 cm³/mol. The second-order valence-corrected chi connectivity index (χ2v) is 9.31. The molecular formula is C28H29N3O5. The Balaban J connectivity index is 1.33.